The van der Waals surface area contributed by atoms with Crippen LogP contribution < -0.4 is 0 Å². The van der Waals surface area contributed by atoms with Crippen LogP contribution in [0.15, 0.2) is 0 Å². The summed E-state index contributed by atoms with van der Waals surface area (Å²) in [5.74, 6) is 0. The van der Waals surface area contributed by atoms with E-state index in [-0.39, 0.29) is 12.4 Å². The van der Waals surface area contributed by atoms with E-state index in [0.717, 1.165) is 0 Å². The van der Waals surface area contributed by atoms with Crippen LogP contribution in [0.1, 0.15) is 13.8 Å². The normalized spacial score (nSPS) is 12.4. The molecule has 0 atom stereocenters. The monoisotopic (exact) mass is 194 g/mol. The van der Waals surface area contributed by atoms with Crippen molar-refractivity contribution in [1.29, 1.82) is 0 Å². The quantitative estimate of drug-likeness (QED) is 0.506. The largest absolute Gasteiger partial charge is 0.284 e. The second kappa shape index (κ2) is 3.05. The van der Waals surface area contributed by atoms with Crippen molar-refractivity contribution in [3.63, 3.8) is 0 Å². The van der Waals surface area contributed by atoms with Gasteiger partial charge in [0.15, 0.2) is 4.21 Å². The lowest BCUT2D eigenvalue weighted by atomic mass is 10.6. The van der Waals surface area contributed by atoms with Crippen LogP contribution in [-0.4, -0.2) is 17.2 Å². The van der Waals surface area contributed by atoms with Crippen molar-refractivity contribution < 1.29 is 13.0 Å². The molecule has 6 heteroatoms. The van der Waals surface area contributed by atoms with Crippen molar-refractivity contribution in [2.45, 2.75) is 18.1 Å². The van der Waals surface area contributed by atoms with Gasteiger partial charge in [-0.25, -0.2) is 0 Å². The van der Waals surface area contributed by atoms with Crippen LogP contribution in [-0.2, 0) is 10.1 Å². The minimum Gasteiger partial charge on any atom is -0.284 e. The van der Waals surface area contributed by atoms with Crippen molar-refractivity contribution in [2.24, 2.45) is 0 Å². The maximum Gasteiger partial charge on any atom is 0.284 e. The summed E-state index contributed by atoms with van der Waals surface area (Å²) in [5.41, 5.74) is 0. The van der Waals surface area contributed by atoms with Crippen LogP contribution in [0.4, 0.5) is 0 Å². The molecule has 1 N–H and O–H groups in total. The van der Waals surface area contributed by atoms with Gasteiger partial charge < -0.3 is 0 Å². The fraction of sp³-hybridized carbons (Fsp3) is 1.00. The molecular formula is C3H8Cl2O3S. The van der Waals surface area contributed by atoms with Crippen molar-refractivity contribution in [2.75, 3.05) is 0 Å². The van der Waals surface area contributed by atoms with E-state index in [0.29, 0.717) is 0 Å². The highest BCUT2D eigenvalue weighted by molar-refractivity contribution is 7.88. The van der Waals surface area contributed by atoms with Crippen LogP contribution in [0.5, 0.6) is 0 Å². The first-order valence-corrected chi connectivity index (χ1v) is 3.73. The predicted molar refractivity (Wildman–Crippen MR) is 38.7 cm³/mol. The summed E-state index contributed by atoms with van der Waals surface area (Å²) in [7, 11) is -4.07. The zero-order chi connectivity index (χ0) is 7.00. The number of alkyl halides is 1. The molecule has 0 aromatic carbocycles. The van der Waals surface area contributed by atoms with Crippen LogP contribution in [0.3, 0.4) is 0 Å². The Morgan fingerprint density at radius 1 is 1.44 bits per heavy atom. The van der Waals surface area contributed by atoms with Gasteiger partial charge in [0.25, 0.3) is 10.1 Å². The summed E-state index contributed by atoms with van der Waals surface area (Å²) >= 11 is 5.17. The van der Waals surface area contributed by atoms with Crippen molar-refractivity contribution in [3.05, 3.63) is 0 Å². The molecule has 0 aromatic rings. The molecular weight excluding hydrogens is 187 g/mol. The summed E-state index contributed by atoms with van der Waals surface area (Å²) in [6.45, 7) is 2.40. The van der Waals surface area contributed by atoms with Gasteiger partial charge in [0.1, 0.15) is 0 Å². The fourth-order valence-corrected chi connectivity index (χ4v) is 0. The molecule has 0 radical (unpaired) electrons. The Morgan fingerprint density at radius 3 is 1.56 bits per heavy atom. The van der Waals surface area contributed by atoms with Crippen molar-refractivity contribution in [3.8, 4) is 0 Å². The second-order valence-electron chi connectivity index (χ2n) is 1.84. The molecule has 58 valence electrons. The smallest absolute Gasteiger partial charge is 0.284 e. The van der Waals surface area contributed by atoms with Gasteiger partial charge in [0.05, 0.1) is 0 Å². The highest BCUT2D eigenvalue weighted by atomic mass is 35.5. The van der Waals surface area contributed by atoms with Crippen LogP contribution in [0.25, 0.3) is 0 Å². The number of rotatable bonds is 1. The number of hydrogen-bond acceptors (Lipinski definition) is 2. The minimum atomic E-state index is -4.07. The molecule has 0 fully saturated rings. The lowest BCUT2D eigenvalue weighted by Gasteiger charge is -2.09. The summed E-state index contributed by atoms with van der Waals surface area (Å²) in [4.78, 5) is 0. The lowest BCUT2D eigenvalue weighted by Crippen LogP contribution is -2.23. The highest BCUT2D eigenvalue weighted by Gasteiger charge is 2.28. The molecule has 0 aliphatic carbocycles. The van der Waals surface area contributed by atoms with Gasteiger partial charge in [-0.2, -0.15) is 8.42 Å². The predicted octanol–water partition coefficient (Wildman–Crippen LogP) is 1.27. The van der Waals surface area contributed by atoms with Crippen LogP contribution in [0.2, 0.25) is 0 Å². The average Bonchev–Trinajstić information content (AvgIpc) is 1.25. The fourth-order valence-electron chi connectivity index (χ4n) is 0. The summed E-state index contributed by atoms with van der Waals surface area (Å²) in [6.07, 6.45) is 0. The molecule has 3 nitrogen and oxygen atoms in total. The lowest BCUT2D eigenvalue weighted by molar-refractivity contribution is 0.467. The average molecular weight is 195 g/mol. The minimum absolute atomic E-state index is 0. The standard InChI is InChI=1S/C3H7ClO3S.ClH/c1-3(2,4)8(5,6)7;/h1-2H3,(H,5,6,7);1H. The Kier molecular flexibility index (Phi) is 4.14. The maximum atomic E-state index is 10.1. The molecule has 0 spiro atoms. The van der Waals surface area contributed by atoms with Gasteiger partial charge in [-0.15, -0.1) is 12.4 Å². The van der Waals surface area contributed by atoms with E-state index in [4.69, 9.17) is 16.2 Å². The van der Waals surface area contributed by atoms with Gasteiger partial charge in [-0.3, -0.25) is 4.55 Å². The highest BCUT2D eigenvalue weighted by Crippen LogP contribution is 2.18. The molecule has 0 saturated carbocycles. The van der Waals surface area contributed by atoms with Gasteiger partial charge in [0, 0.05) is 0 Å². The third kappa shape index (κ3) is 3.97. The third-order valence-electron chi connectivity index (χ3n) is 0.613. The third-order valence-corrected chi connectivity index (χ3v) is 2.43. The molecule has 0 aliphatic rings. The molecule has 0 bridgehead atoms. The van der Waals surface area contributed by atoms with Gasteiger partial charge >= 0.3 is 0 Å². The SMILES string of the molecule is CC(C)(Cl)S(=O)(=O)O.Cl. The van der Waals surface area contributed by atoms with E-state index in [2.05, 4.69) is 0 Å². The topological polar surface area (TPSA) is 54.4 Å². The Labute approximate surface area is 65.6 Å². The van der Waals surface area contributed by atoms with E-state index < -0.39 is 14.3 Å². The van der Waals surface area contributed by atoms with Gasteiger partial charge in [-0.1, -0.05) is 11.6 Å². The Morgan fingerprint density at radius 2 is 1.56 bits per heavy atom. The van der Waals surface area contributed by atoms with Crippen molar-refractivity contribution >= 4 is 34.1 Å². The van der Waals surface area contributed by atoms with E-state index in [1.807, 2.05) is 0 Å². The Hall–Kier alpha value is 0.490. The summed E-state index contributed by atoms with van der Waals surface area (Å²) in [5, 5.41) is 0. The first kappa shape index (κ1) is 12.2. The molecule has 0 amide bonds. The molecule has 0 heterocycles. The first-order chi connectivity index (χ1) is 3.25. The zero-order valence-corrected chi connectivity index (χ0v) is 7.35. The summed E-state index contributed by atoms with van der Waals surface area (Å²) < 4.78 is 26.8. The molecule has 0 aliphatic heterocycles. The second-order valence-corrected chi connectivity index (χ2v) is 4.98. The van der Waals surface area contributed by atoms with E-state index in [9.17, 15) is 8.42 Å². The molecule has 0 unspecified atom stereocenters. The number of halogens is 2. The first-order valence-electron chi connectivity index (χ1n) is 1.91. The zero-order valence-electron chi connectivity index (χ0n) is 4.96. The van der Waals surface area contributed by atoms with E-state index in [1.165, 1.54) is 13.8 Å². The van der Waals surface area contributed by atoms with Crippen LogP contribution in [0, 0.1) is 0 Å². The Balaban J connectivity index is 0. The van der Waals surface area contributed by atoms with E-state index in [1.54, 1.807) is 0 Å². The van der Waals surface area contributed by atoms with Crippen LogP contribution >= 0.6 is 24.0 Å². The molecule has 0 rings (SSSR count). The molecule has 9 heavy (non-hydrogen) atoms. The van der Waals surface area contributed by atoms with Crippen molar-refractivity contribution in [1.82, 2.24) is 0 Å². The number of hydrogen-bond donors (Lipinski definition) is 1. The molecule has 0 aromatic heterocycles. The molecule has 0 saturated heterocycles. The van der Waals surface area contributed by atoms with E-state index >= 15 is 0 Å². The van der Waals surface area contributed by atoms with Gasteiger partial charge in [-0.05, 0) is 13.8 Å². The Bertz CT molecular complexity index is 166. The van der Waals surface area contributed by atoms with Gasteiger partial charge in [0.2, 0.25) is 0 Å². The maximum absolute atomic E-state index is 10.1. The summed E-state index contributed by atoms with van der Waals surface area (Å²) in [6, 6.07) is 0.